The number of nitrogens with zero attached hydrogens (tertiary/aromatic N) is 1. The molecule has 1 atom stereocenters. The molecule has 1 aromatic rings. The quantitative estimate of drug-likeness (QED) is 0.742. The molecule has 0 aliphatic rings. The Balaban J connectivity index is 2.45. The summed E-state index contributed by atoms with van der Waals surface area (Å²) in [6, 6.07) is 7.03. The normalized spacial score (nSPS) is 11.8. The number of benzene rings is 1. The van der Waals surface area contributed by atoms with Crippen LogP contribution in [-0.4, -0.2) is 43.5 Å². The van der Waals surface area contributed by atoms with Gasteiger partial charge in [0, 0.05) is 20.6 Å². The molecule has 0 heterocycles. The SMILES string of the molecule is CC(NCc1ccc(OCC(N)=O)cc1)C(=O)N(C)C. The van der Waals surface area contributed by atoms with Crippen molar-refractivity contribution < 1.29 is 14.3 Å². The van der Waals surface area contributed by atoms with Crippen LogP contribution < -0.4 is 15.8 Å². The number of hydrogen-bond donors (Lipinski definition) is 2. The van der Waals surface area contributed by atoms with Gasteiger partial charge in [-0.05, 0) is 24.6 Å². The predicted molar refractivity (Wildman–Crippen MR) is 76.1 cm³/mol. The molecule has 0 spiro atoms. The van der Waals surface area contributed by atoms with Crippen LogP contribution in [0.1, 0.15) is 12.5 Å². The summed E-state index contributed by atoms with van der Waals surface area (Å²) in [5.74, 6) is 0.114. The van der Waals surface area contributed by atoms with E-state index in [1.807, 2.05) is 19.1 Å². The van der Waals surface area contributed by atoms with E-state index in [4.69, 9.17) is 10.5 Å². The van der Waals surface area contributed by atoms with Crippen molar-refractivity contribution in [1.82, 2.24) is 10.2 Å². The number of amides is 2. The van der Waals surface area contributed by atoms with Crippen molar-refractivity contribution in [2.45, 2.75) is 19.5 Å². The third-order valence-corrected chi connectivity index (χ3v) is 2.73. The number of primary amides is 1. The minimum atomic E-state index is -0.508. The van der Waals surface area contributed by atoms with Gasteiger partial charge < -0.3 is 20.7 Å². The number of carbonyl (C=O) groups is 2. The lowest BCUT2D eigenvalue weighted by Crippen LogP contribution is -2.41. The Morgan fingerprint density at radius 3 is 2.40 bits per heavy atom. The lowest BCUT2D eigenvalue weighted by molar-refractivity contribution is -0.130. The van der Waals surface area contributed by atoms with Crippen LogP contribution in [-0.2, 0) is 16.1 Å². The highest BCUT2D eigenvalue weighted by Crippen LogP contribution is 2.12. The average Bonchev–Trinajstić information content (AvgIpc) is 2.42. The smallest absolute Gasteiger partial charge is 0.255 e. The third-order valence-electron chi connectivity index (χ3n) is 2.73. The Morgan fingerprint density at radius 1 is 1.30 bits per heavy atom. The van der Waals surface area contributed by atoms with Gasteiger partial charge >= 0.3 is 0 Å². The fourth-order valence-electron chi connectivity index (χ4n) is 1.60. The summed E-state index contributed by atoms with van der Waals surface area (Å²) in [6.07, 6.45) is 0. The number of hydrogen-bond acceptors (Lipinski definition) is 4. The second-order valence-corrected chi connectivity index (χ2v) is 4.73. The topological polar surface area (TPSA) is 84.7 Å². The zero-order valence-electron chi connectivity index (χ0n) is 12.1. The van der Waals surface area contributed by atoms with Crippen molar-refractivity contribution in [2.75, 3.05) is 20.7 Å². The number of nitrogens with one attached hydrogen (secondary N) is 1. The highest BCUT2D eigenvalue weighted by atomic mass is 16.5. The molecule has 1 aromatic carbocycles. The molecule has 1 rings (SSSR count). The molecule has 2 amide bonds. The molecule has 0 aromatic heterocycles. The van der Waals surface area contributed by atoms with Gasteiger partial charge in [-0.15, -0.1) is 0 Å². The fraction of sp³-hybridized carbons (Fsp3) is 0.429. The van der Waals surface area contributed by atoms with E-state index < -0.39 is 5.91 Å². The van der Waals surface area contributed by atoms with Crippen molar-refractivity contribution >= 4 is 11.8 Å². The first kappa shape index (κ1) is 16.0. The van der Waals surface area contributed by atoms with Crippen molar-refractivity contribution in [3.8, 4) is 5.75 Å². The van der Waals surface area contributed by atoms with Gasteiger partial charge in [0.2, 0.25) is 5.91 Å². The zero-order valence-corrected chi connectivity index (χ0v) is 12.1. The molecule has 6 nitrogen and oxygen atoms in total. The Bertz CT molecular complexity index is 457. The van der Waals surface area contributed by atoms with Crippen molar-refractivity contribution in [1.29, 1.82) is 0 Å². The molecule has 0 radical (unpaired) electrons. The lowest BCUT2D eigenvalue weighted by atomic mass is 10.2. The number of nitrogens with two attached hydrogens (primary N) is 1. The van der Waals surface area contributed by atoms with Crippen LogP contribution in [0.15, 0.2) is 24.3 Å². The van der Waals surface area contributed by atoms with E-state index in [-0.39, 0.29) is 18.6 Å². The molecule has 110 valence electrons. The average molecular weight is 279 g/mol. The number of carbonyl (C=O) groups excluding carboxylic acids is 2. The predicted octanol–water partition coefficient (Wildman–Crippen LogP) is 0.117. The Morgan fingerprint density at radius 2 is 1.90 bits per heavy atom. The summed E-state index contributed by atoms with van der Waals surface area (Å²) < 4.78 is 5.16. The van der Waals surface area contributed by atoms with Crippen LogP contribution >= 0.6 is 0 Å². The van der Waals surface area contributed by atoms with E-state index >= 15 is 0 Å². The highest BCUT2D eigenvalue weighted by molar-refractivity contribution is 5.80. The fourth-order valence-corrected chi connectivity index (χ4v) is 1.60. The lowest BCUT2D eigenvalue weighted by Gasteiger charge is -2.18. The van der Waals surface area contributed by atoms with Gasteiger partial charge in [-0.1, -0.05) is 12.1 Å². The minimum Gasteiger partial charge on any atom is -0.484 e. The zero-order chi connectivity index (χ0) is 15.1. The molecule has 0 saturated heterocycles. The van der Waals surface area contributed by atoms with Gasteiger partial charge in [-0.3, -0.25) is 9.59 Å². The Hall–Kier alpha value is -2.08. The van der Waals surface area contributed by atoms with E-state index in [1.54, 1.807) is 31.1 Å². The Kier molecular flexibility index (Phi) is 5.99. The summed E-state index contributed by atoms with van der Waals surface area (Å²) >= 11 is 0. The molecule has 0 aliphatic heterocycles. The van der Waals surface area contributed by atoms with Crippen LogP contribution in [0.3, 0.4) is 0 Å². The number of ether oxygens (including phenoxy) is 1. The molecule has 0 bridgehead atoms. The maximum Gasteiger partial charge on any atom is 0.255 e. The van der Waals surface area contributed by atoms with E-state index in [2.05, 4.69) is 5.32 Å². The summed E-state index contributed by atoms with van der Waals surface area (Å²) in [5.41, 5.74) is 6.02. The summed E-state index contributed by atoms with van der Waals surface area (Å²) in [7, 11) is 3.46. The molecule has 6 heteroatoms. The van der Waals surface area contributed by atoms with Gasteiger partial charge in [-0.25, -0.2) is 0 Å². The van der Waals surface area contributed by atoms with Gasteiger partial charge in [0.25, 0.3) is 5.91 Å². The molecule has 3 N–H and O–H groups in total. The first-order valence-electron chi connectivity index (χ1n) is 6.34. The van der Waals surface area contributed by atoms with Crippen LogP contribution in [0.5, 0.6) is 5.75 Å². The maximum atomic E-state index is 11.7. The number of rotatable bonds is 7. The van der Waals surface area contributed by atoms with Crippen LogP contribution in [0.4, 0.5) is 0 Å². The second kappa shape index (κ2) is 7.49. The second-order valence-electron chi connectivity index (χ2n) is 4.73. The Labute approximate surface area is 118 Å². The largest absolute Gasteiger partial charge is 0.484 e. The minimum absolute atomic E-state index is 0.0337. The van der Waals surface area contributed by atoms with Crippen molar-refractivity contribution in [2.24, 2.45) is 5.73 Å². The standard InChI is InChI=1S/C14H21N3O3/c1-10(14(19)17(2)3)16-8-11-4-6-12(7-5-11)20-9-13(15)18/h4-7,10,16H,8-9H2,1-3H3,(H2,15,18). The first-order valence-corrected chi connectivity index (χ1v) is 6.34. The summed E-state index contributed by atoms with van der Waals surface area (Å²) in [6.45, 7) is 2.27. The van der Waals surface area contributed by atoms with E-state index in [0.717, 1.165) is 5.56 Å². The monoisotopic (exact) mass is 279 g/mol. The first-order chi connectivity index (χ1) is 9.40. The van der Waals surface area contributed by atoms with Crippen LogP contribution in [0.2, 0.25) is 0 Å². The molecule has 0 fully saturated rings. The highest BCUT2D eigenvalue weighted by Gasteiger charge is 2.13. The van der Waals surface area contributed by atoms with Gasteiger partial charge in [0.1, 0.15) is 5.75 Å². The van der Waals surface area contributed by atoms with Gasteiger partial charge in [-0.2, -0.15) is 0 Å². The third kappa shape index (κ3) is 5.27. The molecule has 20 heavy (non-hydrogen) atoms. The van der Waals surface area contributed by atoms with E-state index in [9.17, 15) is 9.59 Å². The van der Waals surface area contributed by atoms with Gasteiger partial charge in [0.15, 0.2) is 6.61 Å². The van der Waals surface area contributed by atoms with E-state index in [1.165, 1.54) is 0 Å². The maximum absolute atomic E-state index is 11.7. The van der Waals surface area contributed by atoms with Gasteiger partial charge in [0.05, 0.1) is 6.04 Å². The molecule has 0 aliphatic carbocycles. The van der Waals surface area contributed by atoms with Crippen LogP contribution in [0.25, 0.3) is 0 Å². The van der Waals surface area contributed by atoms with Crippen molar-refractivity contribution in [3.63, 3.8) is 0 Å². The van der Waals surface area contributed by atoms with Crippen LogP contribution in [0, 0.1) is 0 Å². The van der Waals surface area contributed by atoms with E-state index in [0.29, 0.717) is 12.3 Å². The molecule has 1 unspecified atom stereocenters. The van der Waals surface area contributed by atoms with Crippen molar-refractivity contribution in [3.05, 3.63) is 29.8 Å². The molecular formula is C14H21N3O3. The summed E-state index contributed by atoms with van der Waals surface area (Å²) in [4.78, 5) is 23.8. The molecule has 0 saturated carbocycles. The summed E-state index contributed by atoms with van der Waals surface area (Å²) in [5, 5.41) is 3.14. The molecular weight excluding hydrogens is 258 g/mol. The number of likely N-dealkylation sites (N-methyl/N-ethyl adjacent to an activating group) is 1.